The van der Waals surface area contributed by atoms with Crippen molar-refractivity contribution in [2.75, 3.05) is 26.6 Å². The van der Waals surface area contributed by atoms with Crippen LogP contribution >= 0.6 is 11.8 Å². The number of thioether (sulfide) groups is 1. The zero-order valence-electron chi connectivity index (χ0n) is 24.9. The standard InChI is InChI=1S/C34H35N3O6S/c1-23-21-37(33(39)36-32(23)44-19-7-18-35)31-20-29(38)30(43-31)22-42-34(24-8-5-4-6-9-24,25-10-14-27(40-2)15-11-25)26-12-16-28(41-3)17-13-26/h4-6,8-17,21,29-31,38H,7,19-20,22H2,1-3H3/t29-,30+,31+/m0/s1. The van der Waals surface area contributed by atoms with Crippen molar-refractivity contribution in [2.24, 2.45) is 0 Å². The molecule has 3 aromatic carbocycles. The largest absolute Gasteiger partial charge is 0.497 e. The van der Waals surface area contributed by atoms with Crippen LogP contribution < -0.4 is 15.2 Å². The lowest BCUT2D eigenvalue weighted by Gasteiger charge is -2.37. The van der Waals surface area contributed by atoms with Gasteiger partial charge in [0.1, 0.15) is 34.5 Å². The molecule has 1 N–H and O–H groups in total. The third kappa shape index (κ3) is 6.51. The lowest BCUT2D eigenvalue weighted by Crippen LogP contribution is -2.38. The molecule has 44 heavy (non-hydrogen) atoms. The average Bonchev–Trinajstić information content (AvgIpc) is 3.43. The first-order chi connectivity index (χ1) is 21.4. The van der Waals surface area contributed by atoms with E-state index in [1.807, 2.05) is 85.8 Å². The molecule has 2 heterocycles. The summed E-state index contributed by atoms with van der Waals surface area (Å²) in [5.41, 5.74) is 1.87. The Bertz CT molecular complexity index is 1590. The fourth-order valence-corrected chi connectivity index (χ4v) is 6.22. The maximum Gasteiger partial charge on any atom is 0.350 e. The highest BCUT2D eigenvalue weighted by atomic mass is 32.2. The zero-order valence-corrected chi connectivity index (χ0v) is 25.7. The minimum atomic E-state index is -1.07. The number of ether oxygens (including phenoxy) is 4. The third-order valence-electron chi connectivity index (χ3n) is 7.69. The van der Waals surface area contributed by atoms with E-state index in [-0.39, 0.29) is 13.0 Å². The van der Waals surface area contributed by atoms with Crippen molar-refractivity contribution < 1.29 is 24.1 Å². The highest BCUT2D eigenvalue weighted by Gasteiger charge is 2.42. The van der Waals surface area contributed by atoms with E-state index < -0.39 is 29.7 Å². The van der Waals surface area contributed by atoms with E-state index >= 15 is 0 Å². The van der Waals surface area contributed by atoms with Crippen molar-refractivity contribution in [3.63, 3.8) is 0 Å². The molecule has 0 bridgehead atoms. The molecular weight excluding hydrogens is 578 g/mol. The van der Waals surface area contributed by atoms with Crippen LogP contribution in [-0.2, 0) is 15.1 Å². The van der Waals surface area contributed by atoms with Crippen LogP contribution in [0.3, 0.4) is 0 Å². The molecule has 1 aromatic heterocycles. The number of aromatic nitrogens is 2. The summed E-state index contributed by atoms with van der Waals surface area (Å²) in [6, 6.07) is 27.4. The number of nitrogens with zero attached hydrogens (tertiary/aromatic N) is 3. The molecule has 0 amide bonds. The maximum absolute atomic E-state index is 13.0. The molecule has 228 valence electrons. The maximum atomic E-state index is 13.0. The van der Waals surface area contributed by atoms with Gasteiger partial charge in [0.25, 0.3) is 0 Å². The molecule has 1 saturated heterocycles. The Morgan fingerprint density at radius 1 is 1.00 bits per heavy atom. The summed E-state index contributed by atoms with van der Waals surface area (Å²) in [5, 5.41) is 20.5. The number of nitriles is 1. The first kappa shape index (κ1) is 31.3. The van der Waals surface area contributed by atoms with E-state index in [1.165, 1.54) is 16.3 Å². The van der Waals surface area contributed by atoms with Crippen molar-refractivity contribution in [3.8, 4) is 17.6 Å². The normalized spacial score (nSPS) is 18.1. The second-order valence-corrected chi connectivity index (χ2v) is 11.5. The van der Waals surface area contributed by atoms with Crippen molar-refractivity contribution in [3.05, 3.63) is 118 Å². The lowest BCUT2D eigenvalue weighted by atomic mass is 9.80. The summed E-state index contributed by atoms with van der Waals surface area (Å²) in [4.78, 5) is 17.2. The number of hydrogen-bond donors (Lipinski definition) is 1. The Labute approximate surface area is 261 Å². The van der Waals surface area contributed by atoms with Gasteiger partial charge in [-0.05, 0) is 53.4 Å². The smallest absolute Gasteiger partial charge is 0.350 e. The molecule has 0 aliphatic carbocycles. The van der Waals surface area contributed by atoms with Crippen LogP contribution in [0.15, 0.2) is 94.9 Å². The second kappa shape index (κ2) is 14.1. The summed E-state index contributed by atoms with van der Waals surface area (Å²) < 4.78 is 25.4. The minimum Gasteiger partial charge on any atom is -0.497 e. The van der Waals surface area contributed by atoms with Crippen LogP contribution in [-0.4, -0.2) is 53.4 Å². The van der Waals surface area contributed by atoms with Gasteiger partial charge in [-0.15, -0.1) is 11.8 Å². The molecule has 0 unspecified atom stereocenters. The van der Waals surface area contributed by atoms with Gasteiger partial charge in [0.2, 0.25) is 0 Å². The molecule has 0 saturated carbocycles. The van der Waals surface area contributed by atoms with Gasteiger partial charge in [-0.3, -0.25) is 4.57 Å². The van der Waals surface area contributed by atoms with Gasteiger partial charge in [-0.2, -0.15) is 10.2 Å². The minimum absolute atomic E-state index is 0.0356. The highest BCUT2D eigenvalue weighted by molar-refractivity contribution is 7.99. The van der Waals surface area contributed by atoms with Crippen LogP contribution in [0.4, 0.5) is 0 Å². The van der Waals surface area contributed by atoms with Crippen molar-refractivity contribution in [2.45, 2.75) is 48.8 Å². The second-order valence-electron chi connectivity index (χ2n) is 10.4. The average molecular weight is 614 g/mol. The van der Waals surface area contributed by atoms with Crippen LogP contribution in [0, 0.1) is 18.3 Å². The number of aliphatic hydroxyl groups is 1. The van der Waals surface area contributed by atoms with Crippen molar-refractivity contribution in [1.82, 2.24) is 9.55 Å². The van der Waals surface area contributed by atoms with Gasteiger partial charge in [-0.1, -0.05) is 54.6 Å². The van der Waals surface area contributed by atoms with Gasteiger partial charge in [-0.25, -0.2) is 4.79 Å². The lowest BCUT2D eigenvalue weighted by molar-refractivity contribution is -0.0944. The van der Waals surface area contributed by atoms with Crippen molar-refractivity contribution in [1.29, 1.82) is 5.26 Å². The van der Waals surface area contributed by atoms with Crippen LogP contribution in [0.5, 0.6) is 11.5 Å². The summed E-state index contributed by atoms with van der Waals surface area (Å²) in [6.07, 6.45) is -0.0175. The molecule has 3 atom stereocenters. The summed E-state index contributed by atoms with van der Waals surface area (Å²) >= 11 is 1.37. The predicted octanol–water partition coefficient (Wildman–Crippen LogP) is 5.23. The number of aliphatic hydroxyl groups excluding tert-OH is 1. The van der Waals surface area contributed by atoms with Crippen LogP contribution in [0.25, 0.3) is 0 Å². The fraction of sp³-hybridized carbons (Fsp3) is 0.324. The zero-order chi connectivity index (χ0) is 31.1. The molecule has 5 rings (SSSR count). The van der Waals surface area contributed by atoms with Crippen LogP contribution in [0.2, 0.25) is 0 Å². The van der Waals surface area contributed by atoms with E-state index in [0.29, 0.717) is 28.7 Å². The van der Waals surface area contributed by atoms with E-state index in [1.54, 1.807) is 20.4 Å². The number of hydrogen-bond acceptors (Lipinski definition) is 9. The van der Waals surface area contributed by atoms with E-state index in [9.17, 15) is 9.90 Å². The first-order valence-corrected chi connectivity index (χ1v) is 15.3. The monoisotopic (exact) mass is 613 g/mol. The quantitative estimate of drug-likeness (QED) is 0.0992. The van der Waals surface area contributed by atoms with Crippen LogP contribution in [0.1, 0.15) is 41.3 Å². The fourth-order valence-electron chi connectivity index (χ4n) is 5.41. The molecular formula is C34H35N3O6S. The Morgan fingerprint density at radius 3 is 2.16 bits per heavy atom. The van der Waals surface area contributed by atoms with Gasteiger partial charge < -0.3 is 24.1 Å². The topological polar surface area (TPSA) is 116 Å². The molecule has 1 fully saturated rings. The number of rotatable bonds is 12. The summed E-state index contributed by atoms with van der Waals surface area (Å²) in [6.45, 7) is 1.90. The first-order valence-electron chi connectivity index (χ1n) is 14.3. The summed E-state index contributed by atoms with van der Waals surface area (Å²) in [5.74, 6) is 1.98. The molecule has 0 spiro atoms. The van der Waals surface area contributed by atoms with Gasteiger partial charge in [0, 0.05) is 24.8 Å². The molecule has 1 aliphatic heterocycles. The SMILES string of the molecule is COc1ccc(C(OC[C@H]2O[C@@H](n3cc(C)c(SCCC#N)nc3=O)C[C@@H]2O)(c2ccccc2)c2ccc(OC)cc2)cc1. The highest BCUT2D eigenvalue weighted by Crippen LogP contribution is 2.42. The summed E-state index contributed by atoms with van der Waals surface area (Å²) in [7, 11) is 3.25. The Balaban J connectivity index is 1.47. The van der Waals surface area contributed by atoms with E-state index in [2.05, 4.69) is 11.1 Å². The predicted molar refractivity (Wildman–Crippen MR) is 167 cm³/mol. The van der Waals surface area contributed by atoms with E-state index in [4.69, 9.17) is 24.2 Å². The van der Waals surface area contributed by atoms with Gasteiger partial charge >= 0.3 is 5.69 Å². The molecule has 0 radical (unpaired) electrons. The Kier molecular flexibility index (Phi) is 10.0. The Morgan fingerprint density at radius 2 is 1.59 bits per heavy atom. The number of aryl methyl sites for hydroxylation is 1. The number of benzene rings is 3. The molecule has 9 nitrogen and oxygen atoms in total. The molecule has 10 heteroatoms. The third-order valence-corrected chi connectivity index (χ3v) is 8.79. The van der Waals surface area contributed by atoms with E-state index in [0.717, 1.165) is 22.3 Å². The molecule has 4 aromatic rings. The molecule has 1 aliphatic rings. The van der Waals surface area contributed by atoms with Gasteiger partial charge in [0.15, 0.2) is 0 Å². The number of methoxy groups -OCH3 is 2. The Hall–Kier alpha value is -4.14. The van der Waals surface area contributed by atoms with Gasteiger partial charge in [0.05, 0.1) is 33.0 Å². The van der Waals surface area contributed by atoms with Crippen molar-refractivity contribution >= 4 is 11.8 Å².